The van der Waals surface area contributed by atoms with Gasteiger partial charge in [-0.1, -0.05) is 37.3 Å². The number of para-hydroxylation sites is 1. The van der Waals surface area contributed by atoms with Crippen molar-refractivity contribution in [2.75, 3.05) is 13.2 Å². The highest BCUT2D eigenvalue weighted by Crippen LogP contribution is 2.37. The maximum absolute atomic E-state index is 10.8. The zero-order valence-corrected chi connectivity index (χ0v) is 10.4. The molecule has 0 radical (unpaired) electrons. The summed E-state index contributed by atoms with van der Waals surface area (Å²) in [6.07, 6.45) is 5.03. The molecule has 2 rings (SSSR count). The summed E-state index contributed by atoms with van der Waals surface area (Å²) in [6.45, 7) is 2.53. The minimum atomic E-state index is -0.237. The molecule has 0 bridgehead atoms. The summed E-state index contributed by atoms with van der Waals surface area (Å²) in [4.78, 5) is 10.6. The van der Waals surface area contributed by atoms with Crippen LogP contribution in [0.5, 0.6) is 5.75 Å². The lowest BCUT2D eigenvalue weighted by Gasteiger charge is -2.29. The van der Waals surface area contributed by atoms with Crippen LogP contribution in [0.4, 0.5) is 0 Å². The smallest absolute Gasteiger partial charge is 0.211 e. The highest BCUT2D eigenvalue weighted by atomic mass is 16.6. The molecule has 1 aromatic carbocycles. The van der Waals surface area contributed by atoms with Gasteiger partial charge in [0.25, 0.3) is 0 Å². The van der Waals surface area contributed by atoms with E-state index in [4.69, 9.17) is 4.74 Å². The Balaban J connectivity index is 2.30. The van der Waals surface area contributed by atoms with E-state index in [2.05, 4.69) is 13.0 Å². The van der Waals surface area contributed by atoms with Gasteiger partial charge < -0.3 is 4.74 Å². The van der Waals surface area contributed by atoms with Gasteiger partial charge in [-0.05, 0) is 12.5 Å². The fraction of sp³-hybridized carbons (Fsp3) is 0.429. The van der Waals surface area contributed by atoms with E-state index in [0.717, 1.165) is 17.7 Å². The van der Waals surface area contributed by atoms with Gasteiger partial charge in [0.15, 0.2) is 0 Å². The van der Waals surface area contributed by atoms with Gasteiger partial charge in [0, 0.05) is 16.4 Å². The van der Waals surface area contributed by atoms with Crippen LogP contribution in [-0.2, 0) is 0 Å². The third kappa shape index (κ3) is 2.70. The van der Waals surface area contributed by atoms with Crippen molar-refractivity contribution in [3.8, 4) is 5.75 Å². The van der Waals surface area contributed by atoms with Gasteiger partial charge >= 0.3 is 0 Å². The average molecular weight is 247 g/mol. The molecule has 0 saturated carbocycles. The first-order valence-corrected chi connectivity index (χ1v) is 6.22. The zero-order valence-electron chi connectivity index (χ0n) is 10.4. The molecule has 2 atom stereocenters. The van der Waals surface area contributed by atoms with Crippen LogP contribution in [0.2, 0.25) is 0 Å². The molecule has 0 unspecified atom stereocenters. The second-order valence-electron chi connectivity index (χ2n) is 4.47. The third-order valence-corrected chi connectivity index (χ3v) is 3.23. The Labute approximate surface area is 106 Å². The number of allylic oxidation sites excluding steroid dienone is 1. The molecule has 0 N–H and O–H groups in total. The monoisotopic (exact) mass is 247 g/mol. The molecule has 4 heteroatoms. The second kappa shape index (κ2) is 5.67. The third-order valence-electron chi connectivity index (χ3n) is 3.23. The van der Waals surface area contributed by atoms with E-state index in [-0.39, 0.29) is 23.3 Å². The molecule has 0 aromatic heterocycles. The first kappa shape index (κ1) is 12.6. The molecule has 4 nitrogen and oxygen atoms in total. The molecule has 1 aromatic rings. The predicted octanol–water partition coefficient (Wildman–Crippen LogP) is 3.02. The van der Waals surface area contributed by atoms with Crippen molar-refractivity contribution in [2.45, 2.75) is 19.3 Å². The highest BCUT2D eigenvalue weighted by molar-refractivity contribution is 5.39. The normalized spacial score (nSPS) is 22.5. The van der Waals surface area contributed by atoms with Crippen molar-refractivity contribution in [3.63, 3.8) is 0 Å². The fourth-order valence-electron chi connectivity index (χ4n) is 2.35. The standard InChI is InChI=1S/C14H17NO3/c1-2-3-6-11-10-18-14-8-5-4-7-12(14)13(11)9-15(16)17/h3-8,11,13H,2,9-10H2,1H3/b6-3+/t11-,13-/m1/s1. The van der Waals surface area contributed by atoms with Crippen LogP contribution in [0, 0.1) is 16.0 Å². The topological polar surface area (TPSA) is 52.4 Å². The van der Waals surface area contributed by atoms with Crippen molar-refractivity contribution in [3.05, 3.63) is 52.1 Å². The summed E-state index contributed by atoms with van der Waals surface area (Å²) in [6, 6.07) is 7.60. The largest absolute Gasteiger partial charge is 0.493 e. The van der Waals surface area contributed by atoms with E-state index in [1.807, 2.05) is 30.3 Å². The molecule has 0 fully saturated rings. The minimum absolute atomic E-state index is 0.0426. The molecule has 18 heavy (non-hydrogen) atoms. The molecular weight excluding hydrogens is 230 g/mol. The van der Waals surface area contributed by atoms with Gasteiger partial charge in [0.2, 0.25) is 6.54 Å². The van der Waals surface area contributed by atoms with Crippen LogP contribution in [0.15, 0.2) is 36.4 Å². The van der Waals surface area contributed by atoms with E-state index in [1.165, 1.54) is 0 Å². The Morgan fingerprint density at radius 2 is 2.28 bits per heavy atom. The Bertz CT molecular complexity index is 456. The Hall–Kier alpha value is -1.84. The molecule has 1 heterocycles. The summed E-state index contributed by atoms with van der Waals surface area (Å²) >= 11 is 0. The molecular formula is C14H17NO3. The number of rotatable bonds is 4. The van der Waals surface area contributed by atoms with Gasteiger partial charge in [-0.3, -0.25) is 10.1 Å². The van der Waals surface area contributed by atoms with E-state index >= 15 is 0 Å². The number of nitrogens with zero attached hydrogens (tertiary/aromatic N) is 1. The predicted molar refractivity (Wildman–Crippen MR) is 69.5 cm³/mol. The summed E-state index contributed by atoms with van der Waals surface area (Å²) in [5.74, 6) is 0.781. The van der Waals surface area contributed by atoms with Crippen molar-refractivity contribution in [2.24, 2.45) is 5.92 Å². The summed E-state index contributed by atoms with van der Waals surface area (Å²) < 4.78 is 5.67. The summed E-state index contributed by atoms with van der Waals surface area (Å²) in [7, 11) is 0. The van der Waals surface area contributed by atoms with Crippen molar-refractivity contribution >= 4 is 0 Å². The number of nitro groups is 1. The van der Waals surface area contributed by atoms with E-state index in [9.17, 15) is 10.1 Å². The first-order valence-electron chi connectivity index (χ1n) is 6.22. The van der Waals surface area contributed by atoms with Gasteiger partial charge in [-0.25, -0.2) is 0 Å². The van der Waals surface area contributed by atoms with Crippen molar-refractivity contribution < 1.29 is 9.66 Å². The maximum atomic E-state index is 10.8. The lowest BCUT2D eigenvalue weighted by molar-refractivity contribution is -0.484. The zero-order chi connectivity index (χ0) is 13.0. The number of benzene rings is 1. The lowest BCUT2D eigenvalue weighted by Crippen LogP contribution is -2.29. The Morgan fingerprint density at radius 1 is 1.50 bits per heavy atom. The van der Waals surface area contributed by atoms with Crippen molar-refractivity contribution in [1.29, 1.82) is 0 Å². The fourth-order valence-corrected chi connectivity index (χ4v) is 2.35. The molecule has 1 aliphatic heterocycles. The quantitative estimate of drug-likeness (QED) is 0.467. The number of hydrogen-bond donors (Lipinski definition) is 0. The molecule has 0 spiro atoms. The van der Waals surface area contributed by atoms with Crippen LogP contribution < -0.4 is 4.74 Å². The summed E-state index contributed by atoms with van der Waals surface area (Å²) in [5, 5.41) is 10.8. The molecule has 0 saturated heterocycles. The second-order valence-corrected chi connectivity index (χ2v) is 4.47. The SMILES string of the molecule is CC/C=C/[C@@H]1COc2ccccc2[C@@H]1C[N+](=O)[O-]. The van der Waals surface area contributed by atoms with E-state index < -0.39 is 0 Å². The van der Waals surface area contributed by atoms with Crippen LogP contribution in [0.1, 0.15) is 24.8 Å². The first-order chi connectivity index (χ1) is 8.72. The number of ether oxygens (including phenoxy) is 1. The minimum Gasteiger partial charge on any atom is -0.493 e. The molecule has 96 valence electrons. The molecule has 1 aliphatic rings. The summed E-state index contributed by atoms with van der Waals surface area (Å²) in [5.41, 5.74) is 0.950. The number of fused-ring (bicyclic) bond motifs is 1. The lowest BCUT2D eigenvalue weighted by atomic mass is 9.83. The molecule has 0 amide bonds. The Kier molecular flexibility index (Phi) is 3.97. The highest BCUT2D eigenvalue weighted by Gasteiger charge is 2.32. The number of hydrogen-bond acceptors (Lipinski definition) is 3. The van der Waals surface area contributed by atoms with Gasteiger partial charge in [0.05, 0.1) is 12.5 Å². The van der Waals surface area contributed by atoms with Crippen LogP contribution in [-0.4, -0.2) is 18.1 Å². The van der Waals surface area contributed by atoms with Crippen LogP contribution in [0.25, 0.3) is 0 Å². The van der Waals surface area contributed by atoms with Gasteiger partial charge in [-0.15, -0.1) is 0 Å². The van der Waals surface area contributed by atoms with Crippen LogP contribution in [0.3, 0.4) is 0 Å². The van der Waals surface area contributed by atoms with E-state index in [1.54, 1.807) is 0 Å². The van der Waals surface area contributed by atoms with Crippen LogP contribution >= 0.6 is 0 Å². The van der Waals surface area contributed by atoms with E-state index in [0.29, 0.717) is 6.61 Å². The molecule has 0 aliphatic carbocycles. The van der Waals surface area contributed by atoms with Gasteiger partial charge in [-0.2, -0.15) is 0 Å². The Morgan fingerprint density at radius 3 is 3.00 bits per heavy atom. The van der Waals surface area contributed by atoms with Crippen molar-refractivity contribution in [1.82, 2.24) is 0 Å². The average Bonchev–Trinajstić information content (AvgIpc) is 2.37. The maximum Gasteiger partial charge on any atom is 0.211 e. The van der Waals surface area contributed by atoms with Gasteiger partial charge in [0.1, 0.15) is 5.75 Å².